The Morgan fingerprint density at radius 2 is 1.83 bits per heavy atom. The molecule has 0 saturated heterocycles. The summed E-state index contributed by atoms with van der Waals surface area (Å²) in [5.41, 5.74) is 0.624. The Balaban J connectivity index is 2.54. The topological polar surface area (TPSA) is 57.4 Å². The molecule has 0 fully saturated rings. The van der Waals surface area contributed by atoms with Crippen molar-refractivity contribution in [2.75, 3.05) is 14.2 Å². The minimum absolute atomic E-state index is 0.316. The van der Waals surface area contributed by atoms with Gasteiger partial charge in [0.2, 0.25) is 0 Å². The molecule has 96 valence electrons. The highest BCUT2D eigenvalue weighted by Crippen LogP contribution is 2.37. The fraction of sp³-hybridized carbons (Fsp3) is 0.333. The Morgan fingerprint density at radius 3 is 2.28 bits per heavy atom. The first kappa shape index (κ1) is 12.7. The molecule has 0 N–H and O–H groups in total. The molecule has 0 aliphatic carbocycles. The second-order valence-corrected chi connectivity index (χ2v) is 4.27. The molecule has 1 heterocycles. The van der Waals surface area contributed by atoms with Crippen LogP contribution in [0, 0.1) is 0 Å². The molecule has 1 aromatic heterocycles. The third kappa shape index (κ3) is 2.26. The predicted molar refractivity (Wildman–Crippen MR) is 67.1 cm³/mol. The number of ether oxygens (including phenoxy) is 2. The fourth-order valence-corrected chi connectivity index (χ4v) is 1.65. The molecular weight excluding hydrogens is 256 g/mol. The lowest BCUT2D eigenvalue weighted by Crippen LogP contribution is -1.93. The summed E-state index contributed by atoms with van der Waals surface area (Å²) < 4.78 is 15.7. The molecule has 0 amide bonds. The summed E-state index contributed by atoms with van der Waals surface area (Å²) in [6.45, 7) is 1.77. The third-order valence-corrected chi connectivity index (χ3v) is 2.63. The van der Waals surface area contributed by atoms with E-state index in [2.05, 4.69) is 10.1 Å². The van der Waals surface area contributed by atoms with Crippen molar-refractivity contribution in [1.82, 2.24) is 10.1 Å². The van der Waals surface area contributed by atoms with Crippen LogP contribution in [0.1, 0.15) is 18.1 Å². The maximum atomic E-state index is 5.90. The normalized spacial score (nSPS) is 12.2. The standard InChI is InChI=1S/C12H13ClN2O3/c1-7(13)11-14-12(18-15-11)10-8(16-2)5-4-6-9(10)17-3/h4-7H,1-3H3. The second-order valence-electron chi connectivity index (χ2n) is 3.61. The summed E-state index contributed by atoms with van der Waals surface area (Å²) in [5.74, 6) is 1.96. The van der Waals surface area contributed by atoms with Gasteiger partial charge in [-0.3, -0.25) is 0 Å². The summed E-state index contributed by atoms with van der Waals surface area (Å²) in [6.07, 6.45) is 0. The van der Waals surface area contributed by atoms with E-state index in [0.29, 0.717) is 28.8 Å². The number of aromatic nitrogens is 2. The fourth-order valence-electron chi connectivity index (χ4n) is 1.56. The average Bonchev–Trinajstić information content (AvgIpc) is 2.87. The van der Waals surface area contributed by atoms with E-state index >= 15 is 0 Å². The summed E-state index contributed by atoms with van der Waals surface area (Å²) in [7, 11) is 3.14. The number of hydrogen-bond acceptors (Lipinski definition) is 5. The molecule has 6 heteroatoms. The molecule has 0 spiro atoms. The molecule has 0 aliphatic rings. The lowest BCUT2D eigenvalue weighted by Gasteiger charge is -2.09. The first-order valence-electron chi connectivity index (χ1n) is 5.36. The van der Waals surface area contributed by atoms with E-state index in [4.69, 9.17) is 25.6 Å². The van der Waals surface area contributed by atoms with E-state index in [9.17, 15) is 0 Å². The third-order valence-electron chi connectivity index (χ3n) is 2.44. The maximum absolute atomic E-state index is 5.90. The van der Waals surface area contributed by atoms with Gasteiger partial charge in [-0.25, -0.2) is 0 Å². The van der Waals surface area contributed by atoms with Crippen LogP contribution in [-0.2, 0) is 0 Å². The SMILES string of the molecule is COc1cccc(OC)c1-c1nc(C(C)Cl)no1. The highest BCUT2D eigenvalue weighted by Gasteiger charge is 2.20. The Bertz CT molecular complexity index is 518. The van der Waals surface area contributed by atoms with Gasteiger partial charge >= 0.3 is 0 Å². The van der Waals surface area contributed by atoms with Gasteiger partial charge in [0.1, 0.15) is 17.1 Å². The Hall–Kier alpha value is -1.75. The zero-order valence-electron chi connectivity index (χ0n) is 10.3. The Labute approximate surface area is 110 Å². The van der Waals surface area contributed by atoms with Crippen molar-refractivity contribution in [2.24, 2.45) is 0 Å². The summed E-state index contributed by atoms with van der Waals surface area (Å²) in [4.78, 5) is 4.23. The number of nitrogens with zero attached hydrogens (tertiary/aromatic N) is 2. The first-order valence-corrected chi connectivity index (χ1v) is 5.80. The van der Waals surface area contributed by atoms with Crippen LogP contribution in [0.4, 0.5) is 0 Å². The van der Waals surface area contributed by atoms with Gasteiger partial charge in [0, 0.05) is 0 Å². The van der Waals surface area contributed by atoms with Crippen molar-refractivity contribution in [1.29, 1.82) is 0 Å². The summed E-state index contributed by atoms with van der Waals surface area (Å²) >= 11 is 5.90. The van der Waals surface area contributed by atoms with Crippen molar-refractivity contribution in [3.63, 3.8) is 0 Å². The molecular formula is C12H13ClN2O3. The molecule has 0 aliphatic heterocycles. The van der Waals surface area contributed by atoms with Gasteiger partial charge in [0.05, 0.1) is 19.6 Å². The van der Waals surface area contributed by atoms with Gasteiger partial charge in [0.15, 0.2) is 5.82 Å². The zero-order chi connectivity index (χ0) is 13.1. The molecule has 0 bridgehead atoms. The predicted octanol–water partition coefficient (Wildman–Crippen LogP) is 3.05. The molecule has 1 unspecified atom stereocenters. The number of alkyl halides is 1. The molecule has 2 rings (SSSR count). The minimum atomic E-state index is -0.316. The smallest absolute Gasteiger partial charge is 0.265 e. The highest BCUT2D eigenvalue weighted by molar-refractivity contribution is 6.20. The molecule has 1 atom stereocenters. The number of rotatable bonds is 4. The van der Waals surface area contributed by atoms with Gasteiger partial charge in [-0.2, -0.15) is 4.98 Å². The van der Waals surface area contributed by atoms with Crippen LogP contribution in [0.15, 0.2) is 22.7 Å². The van der Waals surface area contributed by atoms with Crippen molar-refractivity contribution >= 4 is 11.6 Å². The van der Waals surface area contributed by atoms with Gasteiger partial charge in [-0.15, -0.1) is 11.6 Å². The van der Waals surface area contributed by atoms with Gasteiger partial charge in [-0.1, -0.05) is 11.2 Å². The number of halogens is 1. The lowest BCUT2D eigenvalue weighted by molar-refractivity contribution is 0.384. The molecule has 1 aromatic carbocycles. The highest BCUT2D eigenvalue weighted by atomic mass is 35.5. The maximum Gasteiger partial charge on any atom is 0.265 e. The van der Waals surface area contributed by atoms with E-state index in [-0.39, 0.29) is 5.38 Å². The molecule has 0 radical (unpaired) electrons. The van der Waals surface area contributed by atoms with E-state index in [1.165, 1.54) is 0 Å². The largest absolute Gasteiger partial charge is 0.496 e. The van der Waals surface area contributed by atoms with E-state index < -0.39 is 0 Å². The van der Waals surface area contributed by atoms with Crippen LogP contribution in [0.3, 0.4) is 0 Å². The lowest BCUT2D eigenvalue weighted by atomic mass is 10.1. The van der Waals surface area contributed by atoms with Gasteiger partial charge in [0.25, 0.3) is 5.89 Å². The number of benzene rings is 1. The van der Waals surface area contributed by atoms with Crippen LogP contribution in [0.25, 0.3) is 11.5 Å². The first-order chi connectivity index (χ1) is 8.67. The monoisotopic (exact) mass is 268 g/mol. The number of methoxy groups -OCH3 is 2. The molecule has 18 heavy (non-hydrogen) atoms. The quantitative estimate of drug-likeness (QED) is 0.798. The molecule has 5 nitrogen and oxygen atoms in total. The molecule has 0 saturated carbocycles. The van der Waals surface area contributed by atoms with Crippen molar-refractivity contribution in [3.8, 4) is 23.0 Å². The van der Waals surface area contributed by atoms with Crippen molar-refractivity contribution in [3.05, 3.63) is 24.0 Å². The summed E-state index contributed by atoms with van der Waals surface area (Å²) in [5, 5.41) is 3.50. The minimum Gasteiger partial charge on any atom is -0.496 e. The van der Waals surface area contributed by atoms with Crippen LogP contribution in [-0.4, -0.2) is 24.4 Å². The molecule has 2 aromatic rings. The van der Waals surface area contributed by atoms with Crippen molar-refractivity contribution < 1.29 is 14.0 Å². The second kappa shape index (κ2) is 5.27. The zero-order valence-corrected chi connectivity index (χ0v) is 11.1. The van der Waals surface area contributed by atoms with E-state index in [0.717, 1.165) is 0 Å². The average molecular weight is 269 g/mol. The number of hydrogen-bond donors (Lipinski definition) is 0. The van der Waals surface area contributed by atoms with Crippen LogP contribution < -0.4 is 9.47 Å². The van der Waals surface area contributed by atoms with Crippen LogP contribution in [0.2, 0.25) is 0 Å². The van der Waals surface area contributed by atoms with Gasteiger partial charge < -0.3 is 14.0 Å². The van der Waals surface area contributed by atoms with Crippen molar-refractivity contribution in [2.45, 2.75) is 12.3 Å². The van der Waals surface area contributed by atoms with E-state index in [1.54, 1.807) is 33.3 Å². The van der Waals surface area contributed by atoms with E-state index in [1.807, 2.05) is 6.07 Å². The van der Waals surface area contributed by atoms with Crippen LogP contribution >= 0.6 is 11.6 Å². The Morgan fingerprint density at radius 1 is 1.22 bits per heavy atom. The van der Waals surface area contributed by atoms with Gasteiger partial charge in [-0.05, 0) is 19.1 Å². The summed E-state index contributed by atoms with van der Waals surface area (Å²) in [6, 6.07) is 5.42. The van der Waals surface area contributed by atoms with Crippen LogP contribution in [0.5, 0.6) is 11.5 Å². The Kier molecular flexibility index (Phi) is 3.72.